The van der Waals surface area contributed by atoms with Gasteiger partial charge in [0.05, 0.1) is 35.8 Å². The molecule has 0 aliphatic heterocycles. The molecule has 1 atom stereocenters. The van der Waals surface area contributed by atoms with Gasteiger partial charge < -0.3 is 10.1 Å². The Morgan fingerprint density at radius 3 is 2.66 bits per heavy atom. The number of aromatic amines is 1. The molecule has 0 bridgehead atoms. The number of ether oxygens (including phenoxy) is 1. The third-order valence-corrected chi connectivity index (χ3v) is 6.72. The highest BCUT2D eigenvalue weighted by Gasteiger charge is 2.19. The average Bonchev–Trinajstić information content (AvgIpc) is 3.56. The molecule has 2 aromatic heterocycles. The summed E-state index contributed by atoms with van der Waals surface area (Å²) >= 11 is 6.19. The van der Waals surface area contributed by atoms with Crippen LogP contribution in [0.4, 0.5) is 14.9 Å². The number of carbonyl (C=O) groups excluding carboxylic acids is 2. The Morgan fingerprint density at radius 1 is 1.11 bits per heavy atom. The lowest BCUT2D eigenvalue weighted by Crippen LogP contribution is -2.30. The van der Waals surface area contributed by atoms with E-state index >= 15 is 0 Å². The normalized spacial score (nSPS) is 11.7. The summed E-state index contributed by atoms with van der Waals surface area (Å²) in [6.07, 6.45) is 3.84. The van der Waals surface area contributed by atoms with Crippen LogP contribution in [0, 0.1) is 5.82 Å². The Morgan fingerprint density at radius 2 is 1.93 bits per heavy atom. The number of rotatable bonds is 9. The second-order valence-electron chi connectivity index (χ2n) is 9.39. The smallest absolute Gasteiger partial charge is 0.411 e. The zero-order chi connectivity index (χ0) is 31.1. The van der Waals surface area contributed by atoms with E-state index in [1.165, 1.54) is 35.3 Å². The second-order valence-corrected chi connectivity index (χ2v) is 9.83. The third kappa shape index (κ3) is 7.20. The molecule has 5 aromatic rings. The van der Waals surface area contributed by atoms with Crippen molar-refractivity contribution in [2.24, 2.45) is 0 Å². The van der Waals surface area contributed by atoms with Crippen LogP contribution in [0.25, 0.3) is 22.9 Å². The quantitative estimate of drug-likeness (QED) is 0.205. The molecular formula is C30H24ClFN8O4. The highest BCUT2D eigenvalue weighted by molar-refractivity contribution is 6.30. The fourth-order valence-electron chi connectivity index (χ4n) is 4.36. The maximum absolute atomic E-state index is 14.8. The molecule has 0 spiro atoms. The van der Waals surface area contributed by atoms with Crippen LogP contribution in [0.1, 0.15) is 22.9 Å². The highest BCUT2D eigenvalue weighted by Crippen LogP contribution is 2.25. The Hall–Kier alpha value is -5.69. The van der Waals surface area contributed by atoms with Crippen molar-refractivity contribution < 1.29 is 18.7 Å². The summed E-state index contributed by atoms with van der Waals surface area (Å²) in [6.45, 7) is 0. The summed E-state index contributed by atoms with van der Waals surface area (Å²) in [5.41, 5.74) is 2.11. The minimum absolute atomic E-state index is 0.116. The molecular weight excluding hydrogens is 591 g/mol. The minimum atomic E-state index is -0.837. The van der Waals surface area contributed by atoms with Crippen molar-refractivity contribution in [3.05, 3.63) is 123 Å². The number of aromatic nitrogens is 6. The van der Waals surface area contributed by atoms with Crippen molar-refractivity contribution in [2.75, 3.05) is 12.4 Å². The van der Waals surface area contributed by atoms with Gasteiger partial charge in [0.25, 0.3) is 5.56 Å². The van der Waals surface area contributed by atoms with E-state index in [1.807, 2.05) is 30.3 Å². The molecule has 0 radical (unpaired) electrons. The first kappa shape index (κ1) is 29.8. The summed E-state index contributed by atoms with van der Waals surface area (Å²) in [6, 6.07) is 19.2. The zero-order valence-electron chi connectivity index (χ0n) is 23.1. The highest BCUT2D eigenvalue weighted by atomic mass is 35.5. The first-order chi connectivity index (χ1) is 21.3. The number of tetrazole rings is 1. The molecule has 0 saturated heterocycles. The predicted molar refractivity (Wildman–Crippen MR) is 161 cm³/mol. The number of hydrogen-bond acceptors (Lipinski definition) is 8. The monoisotopic (exact) mass is 614 g/mol. The van der Waals surface area contributed by atoms with Crippen molar-refractivity contribution in [1.82, 2.24) is 35.7 Å². The minimum Gasteiger partial charge on any atom is -0.453 e. The number of anilines is 1. The zero-order valence-corrected chi connectivity index (χ0v) is 23.8. The summed E-state index contributed by atoms with van der Waals surface area (Å²) in [5.74, 6) is -1.22. The number of benzene rings is 3. The lowest BCUT2D eigenvalue weighted by molar-refractivity contribution is -0.117. The van der Waals surface area contributed by atoms with E-state index in [9.17, 15) is 18.8 Å². The van der Waals surface area contributed by atoms with E-state index in [-0.39, 0.29) is 16.8 Å². The van der Waals surface area contributed by atoms with Crippen molar-refractivity contribution in [2.45, 2.75) is 12.5 Å². The maximum atomic E-state index is 14.8. The molecule has 0 saturated carbocycles. The first-order valence-corrected chi connectivity index (χ1v) is 13.5. The number of methoxy groups -OCH3 is 1. The Bertz CT molecular complexity index is 1880. The topological polar surface area (TPSA) is 157 Å². The van der Waals surface area contributed by atoms with Gasteiger partial charge in [-0.1, -0.05) is 48.0 Å². The van der Waals surface area contributed by atoms with Gasteiger partial charge in [0.1, 0.15) is 12.1 Å². The van der Waals surface area contributed by atoms with Crippen molar-refractivity contribution in [1.29, 1.82) is 0 Å². The Balaban J connectivity index is 1.44. The Kier molecular flexibility index (Phi) is 9.16. The lowest BCUT2D eigenvalue weighted by Gasteiger charge is -2.18. The SMILES string of the molecule is COC(=O)Nc1ccc(-c2cc([C@H](Cc3ccccc3)NC(=O)/C=C/c3cc(Cl)ccc3-n3cnnn3)n[nH]c2=O)cc1F. The second kappa shape index (κ2) is 13.5. The number of nitrogens with one attached hydrogen (secondary N) is 3. The van der Waals surface area contributed by atoms with Gasteiger partial charge in [-0.3, -0.25) is 14.9 Å². The molecule has 3 aromatic carbocycles. The molecule has 0 aliphatic rings. The number of carbonyl (C=O) groups is 2. The van der Waals surface area contributed by atoms with Crippen LogP contribution in [0.2, 0.25) is 5.02 Å². The molecule has 2 amide bonds. The number of halogens is 2. The summed E-state index contributed by atoms with van der Waals surface area (Å²) in [5, 5.41) is 23.5. The fourth-order valence-corrected chi connectivity index (χ4v) is 4.54. The molecule has 0 fully saturated rings. The number of amides is 2. The summed E-state index contributed by atoms with van der Waals surface area (Å²) in [7, 11) is 1.16. The number of H-pyrrole nitrogens is 1. The molecule has 0 aliphatic carbocycles. The van der Waals surface area contributed by atoms with Crippen LogP contribution < -0.4 is 16.2 Å². The first-order valence-electron chi connectivity index (χ1n) is 13.1. The van der Waals surface area contributed by atoms with Crippen LogP contribution in [-0.2, 0) is 16.0 Å². The van der Waals surface area contributed by atoms with Crippen LogP contribution in [0.5, 0.6) is 0 Å². The van der Waals surface area contributed by atoms with Gasteiger partial charge in [-0.15, -0.1) is 5.10 Å². The number of nitrogens with zero attached hydrogens (tertiary/aromatic N) is 5. The van der Waals surface area contributed by atoms with E-state index in [4.69, 9.17) is 11.6 Å². The molecule has 222 valence electrons. The van der Waals surface area contributed by atoms with Gasteiger partial charge in [0.2, 0.25) is 5.91 Å². The summed E-state index contributed by atoms with van der Waals surface area (Å²) < 4.78 is 20.7. The predicted octanol–water partition coefficient (Wildman–Crippen LogP) is 4.50. The molecule has 5 rings (SSSR count). The molecule has 3 N–H and O–H groups in total. The van der Waals surface area contributed by atoms with Crippen LogP contribution in [0.3, 0.4) is 0 Å². The van der Waals surface area contributed by atoms with E-state index in [0.717, 1.165) is 18.7 Å². The standard InChI is InChI=1S/C30H24ClFN8O4/c1-44-30(43)35-24-10-7-19(15-23(24)32)22-16-26(36-37-29(22)42)25(13-18-5-3-2-4-6-18)34-28(41)12-8-20-14-21(31)9-11-27(20)40-17-33-38-39-40/h2-12,14-17,25H,13H2,1H3,(H,34,41)(H,35,43)(H,37,42)/b12-8+/t25-/m0/s1. The van der Waals surface area contributed by atoms with Gasteiger partial charge in [-0.25, -0.2) is 14.3 Å². The van der Waals surface area contributed by atoms with Crippen molar-refractivity contribution in [3.8, 4) is 16.8 Å². The fraction of sp³-hybridized carbons (Fsp3) is 0.100. The lowest BCUT2D eigenvalue weighted by atomic mass is 10.00. The molecule has 2 heterocycles. The third-order valence-electron chi connectivity index (χ3n) is 6.48. The van der Waals surface area contributed by atoms with Crippen LogP contribution in [0.15, 0.2) is 90.0 Å². The van der Waals surface area contributed by atoms with Crippen LogP contribution in [-0.4, -0.2) is 49.5 Å². The van der Waals surface area contributed by atoms with Gasteiger partial charge >= 0.3 is 6.09 Å². The van der Waals surface area contributed by atoms with Gasteiger partial charge in [-0.05, 0) is 70.4 Å². The van der Waals surface area contributed by atoms with Crippen molar-refractivity contribution >= 4 is 35.4 Å². The van der Waals surface area contributed by atoms with Gasteiger partial charge in [0.15, 0.2) is 0 Å². The van der Waals surface area contributed by atoms with E-state index in [2.05, 4.69) is 41.1 Å². The van der Waals surface area contributed by atoms with Gasteiger partial charge in [0, 0.05) is 16.7 Å². The van der Waals surface area contributed by atoms with E-state index in [1.54, 1.807) is 24.3 Å². The van der Waals surface area contributed by atoms with Crippen molar-refractivity contribution in [3.63, 3.8) is 0 Å². The Labute approximate surface area is 254 Å². The largest absolute Gasteiger partial charge is 0.453 e. The van der Waals surface area contributed by atoms with E-state index in [0.29, 0.717) is 28.4 Å². The maximum Gasteiger partial charge on any atom is 0.411 e. The molecule has 0 unspecified atom stereocenters. The van der Waals surface area contributed by atoms with Gasteiger partial charge in [-0.2, -0.15) is 9.78 Å². The number of hydrogen-bond donors (Lipinski definition) is 3. The molecule has 14 heteroatoms. The summed E-state index contributed by atoms with van der Waals surface area (Å²) in [4.78, 5) is 37.5. The molecule has 12 nitrogen and oxygen atoms in total. The van der Waals surface area contributed by atoms with E-state index < -0.39 is 29.4 Å². The van der Waals surface area contributed by atoms with Crippen LogP contribution >= 0.6 is 11.6 Å². The average molecular weight is 615 g/mol. The molecule has 44 heavy (non-hydrogen) atoms.